The molecule has 0 aliphatic carbocycles. The molecule has 1 aromatic carbocycles. The van der Waals surface area contributed by atoms with Crippen molar-refractivity contribution in [2.24, 2.45) is 0 Å². The Morgan fingerprint density at radius 2 is 1.90 bits per heavy atom. The fourth-order valence-electron chi connectivity index (χ4n) is 4.84. The number of furan rings is 1. The first-order valence-electron chi connectivity index (χ1n) is 13.4. The highest BCUT2D eigenvalue weighted by molar-refractivity contribution is 7.14. The Kier molecular flexibility index (Phi) is 7.78. The van der Waals surface area contributed by atoms with Crippen molar-refractivity contribution < 1.29 is 13.9 Å². The van der Waals surface area contributed by atoms with Crippen LogP contribution in [0.1, 0.15) is 24.8 Å². The number of methoxy groups -OCH3 is 2. The van der Waals surface area contributed by atoms with E-state index in [1.54, 1.807) is 42.5 Å². The van der Waals surface area contributed by atoms with Crippen molar-refractivity contribution in [3.63, 3.8) is 0 Å². The summed E-state index contributed by atoms with van der Waals surface area (Å²) in [6.07, 6.45) is 7.33. The van der Waals surface area contributed by atoms with Crippen LogP contribution in [0.3, 0.4) is 0 Å². The van der Waals surface area contributed by atoms with E-state index in [9.17, 15) is 0 Å². The van der Waals surface area contributed by atoms with Crippen molar-refractivity contribution in [1.82, 2.24) is 29.5 Å². The molecule has 11 nitrogen and oxygen atoms in total. The molecule has 40 heavy (non-hydrogen) atoms. The maximum absolute atomic E-state index is 5.58. The third-order valence-corrected chi connectivity index (χ3v) is 7.74. The van der Waals surface area contributed by atoms with E-state index in [0.717, 1.165) is 35.0 Å². The van der Waals surface area contributed by atoms with Gasteiger partial charge in [-0.05, 0) is 55.8 Å². The Labute approximate surface area is 236 Å². The summed E-state index contributed by atoms with van der Waals surface area (Å²) >= 11 is 1.58. The number of nitrogens with zero attached hydrogens (tertiary/aromatic N) is 6. The van der Waals surface area contributed by atoms with Gasteiger partial charge in [0.2, 0.25) is 11.8 Å². The molecule has 0 bridgehead atoms. The molecule has 1 aliphatic rings. The molecule has 6 rings (SSSR count). The lowest BCUT2D eigenvalue weighted by Crippen LogP contribution is -2.33. The van der Waals surface area contributed by atoms with Gasteiger partial charge in [-0.15, -0.1) is 16.4 Å². The quantitative estimate of drug-likeness (QED) is 0.228. The molecule has 1 saturated heterocycles. The number of aromatic nitrogens is 5. The highest BCUT2D eigenvalue weighted by Crippen LogP contribution is 2.31. The van der Waals surface area contributed by atoms with Crippen LogP contribution in [0, 0.1) is 0 Å². The van der Waals surface area contributed by atoms with Crippen molar-refractivity contribution in [2.75, 3.05) is 51.0 Å². The predicted molar refractivity (Wildman–Crippen MR) is 155 cm³/mol. The minimum absolute atomic E-state index is 0.475. The maximum atomic E-state index is 5.58. The lowest BCUT2D eigenvalue weighted by molar-refractivity contribution is 0.237. The number of nitrogens with one attached hydrogen (secondary N) is 2. The molecular weight excluding hydrogens is 528 g/mol. The number of thiazole rings is 1. The summed E-state index contributed by atoms with van der Waals surface area (Å²) in [4.78, 5) is 16.9. The zero-order valence-corrected chi connectivity index (χ0v) is 23.4. The van der Waals surface area contributed by atoms with Crippen molar-refractivity contribution >= 4 is 28.1 Å². The van der Waals surface area contributed by atoms with Crippen LogP contribution in [0.2, 0.25) is 0 Å². The van der Waals surface area contributed by atoms with E-state index in [2.05, 4.69) is 15.5 Å². The van der Waals surface area contributed by atoms with Gasteiger partial charge < -0.3 is 29.4 Å². The van der Waals surface area contributed by atoms with E-state index < -0.39 is 0 Å². The molecular formula is C28H32N8O3S. The second-order valence-electron chi connectivity index (χ2n) is 9.55. The Hall–Kier alpha value is -4.16. The van der Waals surface area contributed by atoms with Gasteiger partial charge in [0, 0.05) is 31.2 Å². The molecule has 0 spiro atoms. The van der Waals surface area contributed by atoms with Crippen LogP contribution in [0.5, 0.6) is 11.5 Å². The van der Waals surface area contributed by atoms with Crippen molar-refractivity contribution in [1.29, 1.82) is 0 Å². The molecule has 5 aromatic rings. The number of hydrogen-bond donors (Lipinski definition) is 2. The van der Waals surface area contributed by atoms with E-state index >= 15 is 0 Å². The summed E-state index contributed by atoms with van der Waals surface area (Å²) in [5.74, 6) is 2.95. The van der Waals surface area contributed by atoms with Gasteiger partial charge in [-0.1, -0.05) is 12.5 Å². The molecule has 5 heterocycles. The Morgan fingerprint density at radius 3 is 2.70 bits per heavy atom. The summed E-state index contributed by atoms with van der Waals surface area (Å²) in [6, 6.07) is 9.45. The predicted octanol–water partition coefficient (Wildman–Crippen LogP) is 5.03. The van der Waals surface area contributed by atoms with Gasteiger partial charge in [0.05, 0.1) is 31.7 Å². The van der Waals surface area contributed by atoms with Gasteiger partial charge >= 0.3 is 0 Å². The average Bonchev–Trinajstić information content (AvgIpc) is 3.77. The zero-order chi connectivity index (χ0) is 27.3. The van der Waals surface area contributed by atoms with Crippen LogP contribution < -0.4 is 20.1 Å². The molecule has 12 heteroatoms. The normalized spacial score (nSPS) is 13.9. The van der Waals surface area contributed by atoms with Crippen molar-refractivity contribution in [3.8, 4) is 34.3 Å². The van der Waals surface area contributed by atoms with E-state index in [4.69, 9.17) is 33.9 Å². The highest BCUT2D eigenvalue weighted by atomic mass is 32.1. The number of piperidine rings is 1. The Balaban J connectivity index is 1.24. The summed E-state index contributed by atoms with van der Waals surface area (Å²) in [5, 5.41) is 14.5. The SMILES string of the molecule is COc1ccc(CNc2ncc(-c3csc(NCCN4CCCCC4)n3)c3nc(-c4ccco4)nn23)cc1OC. The van der Waals surface area contributed by atoms with E-state index in [1.807, 2.05) is 35.7 Å². The molecule has 4 aromatic heterocycles. The van der Waals surface area contributed by atoms with Gasteiger partial charge in [-0.2, -0.15) is 4.52 Å². The van der Waals surface area contributed by atoms with Crippen LogP contribution in [0.4, 0.5) is 11.1 Å². The number of rotatable bonds is 11. The lowest BCUT2D eigenvalue weighted by Gasteiger charge is -2.26. The number of likely N-dealkylation sites (tertiary alicyclic amines) is 1. The minimum Gasteiger partial charge on any atom is -0.493 e. The number of benzene rings is 1. The van der Waals surface area contributed by atoms with E-state index in [0.29, 0.717) is 41.2 Å². The van der Waals surface area contributed by atoms with Crippen LogP contribution in [0.25, 0.3) is 28.5 Å². The summed E-state index contributed by atoms with van der Waals surface area (Å²) < 4.78 is 18.1. The fourth-order valence-corrected chi connectivity index (χ4v) is 5.58. The number of ether oxygens (including phenoxy) is 2. The van der Waals surface area contributed by atoms with E-state index in [-0.39, 0.29) is 0 Å². The molecule has 2 N–H and O–H groups in total. The first-order valence-corrected chi connectivity index (χ1v) is 14.3. The number of anilines is 2. The van der Waals surface area contributed by atoms with Gasteiger partial charge in [0.25, 0.3) is 0 Å². The minimum atomic E-state index is 0.475. The molecule has 208 valence electrons. The van der Waals surface area contributed by atoms with E-state index in [1.165, 1.54) is 32.4 Å². The lowest BCUT2D eigenvalue weighted by atomic mass is 10.1. The molecule has 1 fully saturated rings. The highest BCUT2D eigenvalue weighted by Gasteiger charge is 2.19. The fraction of sp³-hybridized carbons (Fsp3) is 0.357. The number of fused-ring (bicyclic) bond motifs is 1. The maximum Gasteiger partial charge on any atom is 0.226 e. The summed E-state index contributed by atoms with van der Waals surface area (Å²) in [7, 11) is 3.24. The second kappa shape index (κ2) is 11.9. The van der Waals surface area contributed by atoms with Crippen LogP contribution in [0.15, 0.2) is 52.6 Å². The smallest absolute Gasteiger partial charge is 0.226 e. The van der Waals surface area contributed by atoms with Crippen molar-refractivity contribution in [3.05, 3.63) is 53.7 Å². The van der Waals surface area contributed by atoms with Crippen molar-refractivity contribution in [2.45, 2.75) is 25.8 Å². The van der Waals surface area contributed by atoms with Crippen LogP contribution >= 0.6 is 11.3 Å². The Bertz CT molecular complexity index is 1560. The average molecular weight is 561 g/mol. The van der Waals surface area contributed by atoms with Crippen LogP contribution in [-0.2, 0) is 6.54 Å². The second-order valence-corrected chi connectivity index (χ2v) is 10.4. The molecule has 0 amide bonds. The standard InChI is InChI=1S/C28H32N8O3S/c1-37-22-9-8-19(15-24(22)38-2)16-30-27-31-17-20(26-33-25(34-36(26)27)23-7-6-14-39-23)21-18-40-28(32-21)29-10-13-35-11-4-3-5-12-35/h6-9,14-15,17-18H,3-5,10-13,16H2,1-2H3,(H,29,32)(H,30,31). The molecule has 0 saturated carbocycles. The first kappa shape index (κ1) is 26.1. The first-order chi connectivity index (χ1) is 19.7. The summed E-state index contributed by atoms with van der Waals surface area (Å²) in [6.45, 7) is 4.77. The third-order valence-electron chi connectivity index (χ3n) is 6.94. The van der Waals surface area contributed by atoms with Gasteiger partial charge in [-0.25, -0.2) is 15.0 Å². The molecule has 1 aliphatic heterocycles. The van der Waals surface area contributed by atoms with Crippen LogP contribution in [-0.4, -0.2) is 69.9 Å². The third kappa shape index (κ3) is 5.58. The zero-order valence-electron chi connectivity index (χ0n) is 22.6. The Morgan fingerprint density at radius 1 is 1.02 bits per heavy atom. The topological polar surface area (TPSA) is 115 Å². The van der Waals surface area contributed by atoms with Gasteiger partial charge in [0.15, 0.2) is 28.0 Å². The van der Waals surface area contributed by atoms with Gasteiger partial charge in [0.1, 0.15) is 0 Å². The molecule has 0 radical (unpaired) electrons. The number of hydrogen-bond acceptors (Lipinski definition) is 11. The van der Waals surface area contributed by atoms with Gasteiger partial charge in [-0.3, -0.25) is 0 Å². The molecule has 0 atom stereocenters. The molecule has 0 unspecified atom stereocenters. The summed E-state index contributed by atoms with van der Waals surface area (Å²) in [5.41, 5.74) is 3.24. The monoisotopic (exact) mass is 560 g/mol. The largest absolute Gasteiger partial charge is 0.493 e.